The molecule has 0 aliphatic heterocycles. The number of hydrogen-bond donors (Lipinski definition) is 2. The van der Waals surface area contributed by atoms with Gasteiger partial charge in [-0.05, 0) is 88.1 Å². The Morgan fingerprint density at radius 3 is 2.64 bits per heavy atom. The SMILES string of the molecule is Cc1cc(F)ccc1C[C@@H](COc1cncc(-c2ccc3n[nH]c(C)c3c2)c1)NC(=O)OC(C)(C)C. The van der Waals surface area contributed by atoms with Crippen molar-refractivity contribution in [2.75, 3.05) is 6.61 Å². The van der Waals surface area contributed by atoms with Crippen LogP contribution in [-0.2, 0) is 11.2 Å². The second-order valence-corrected chi connectivity index (χ2v) is 9.92. The van der Waals surface area contributed by atoms with E-state index in [9.17, 15) is 9.18 Å². The normalized spacial score (nSPS) is 12.4. The van der Waals surface area contributed by atoms with Crippen LogP contribution < -0.4 is 10.1 Å². The Morgan fingerprint density at radius 2 is 1.89 bits per heavy atom. The number of ether oxygens (including phenoxy) is 2. The van der Waals surface area contributed by atoms with Gasteiger partial charge in [0, 0.05) is 22.8 Å². The van der Waals surface area contributed by atoms with Gasteiger partial charge in [-0.1, -0.05) is 12.1 Å². The Hall–Kier alpha value is -3.94. The lowest BCUT2D eigenvalue weighted by molar-refractivity contribution is 0.0487. The zero-order valence-electron chi connectivity index (χ0n) is 21.2. The van der Waals surface area contributed by atoms with Crippen molar-refractivity contribution in [3.8, 4) is 16.9 Å². The van der Waals surface area contributed by atoms with Crippen LogP contribution in [0.5, 0.6) is 5.75 Å². The number of rotatable bonds is 7. The predicted octanol–water partition coefficient (Wildman–Crippen LogP) is 5.90. The molecule has 2 heterocycles. The number of carbonyl (C=O) groups is 1. The molecule has 1 atom stereocenters. The van der Waals surface area contributed by atoms with Gasteiger partial charge in [-0.3, -0.25) is 10.1 Å². The van der Waals surface area contributed by atoms with Gasteiger partial charge in [0.15, 0.2) is 0 Å². The third-order valence-electron chi connectivity index (χ3n) is 5.73. The number of halogens is 1. The van der Waals surface area contributed by atoms with Crippen molar-refractivity contribution < 1.29 is 18.7 Å². The van der Waals surface area contributed by atoms with Gasteiger partial charge in [-0.25, -0.2) is 9.18 Å². The first-order valence-corrected chi connectivity index (χ1v) is 11.8. The fraction of sp³-hybridized carbons (Fsp3) is 0.321. The van der Waals surface area contributed by atoms with E-state index in [0.717, 1.165) is 38.9 Å². The topological polar surface area (TPSA) is 89.1 Å². The van der Waals surface area contributed by atoms with Crippen LogP contribution in [0.1, 0.15) is 37.6 Å². The van der Waals surface area contributed by atoms with Crippen molar-refractivity contribution in [1.82, 2.24) is 20.5 Å². The number of alkyl carbamates (subject to hydrolysis) is 1. The summed E-state index contributed by atoms with van der Waals surface area (Å²) in [4.78, 5) is 16.8. The molecule has 0 unspecified atom stereocenters. The number of benzene rings is 2. The summed E-state index contributed by atoms with van der Waals surface area (Å²) < 4.78 is 25.1. The highest BCUT2D eigenvalue weighted by Crippen LogP contribution is 2.27. The monoisotopic (exact) mass is 490 g/mol. The number of amides is 1. The second kappa shape index (κ2) is 10.4. The van der Waals surface area contributed by atoms with Crippen molar-refractivity contribution in [2.45, 2.75) is 52.7 Å². The first kappa shape index (κ1) is 25.2. The Balaban J connectivity index is 1.51. The van der Waals surface area contributed by atoms with E-state index in [4.69, 9.17) is 9.47 Å². The number of H-pyrrole nitrogens is 1. The van der Waals surface area contributed by atoms with Gasteiger partial charge in [0.1, 0.15) is 23.8 Å². The summed E-state index contributed by atoms with van der Waals surface area (Å²) in [6, 6.07) is 12.2. The summed E-state index contributed by atoms with van der Waals surface area (Å²) in [7, 11) is 0. The number of aryl methyl sites for hydroxylation is 2. The minimum Gasteiger partial charge on any atom is -0.490 e. The van der Waals surface area contributed by atoms with Gasteiger partial charge < -0.3 is 14.8 Å². The Morgan fingerprint density at radius 1 is 1.08 bits per heavy atom. The maximum absolute atomic E-state index is 13.6. The molecule has 0 fully saturated rings. The molecule has 0 aliphatic carbocycles. The first-order valence-electron chi connectivity index (χ1n) is 11.8. The molecule has 2 aromatic heterocycles. The molecule has 0 saturated heterocycles. The third kappa shape index (κ3) is 6.38. The zero-order chi connectivity index (χ0) is 25.9. The van der Waals surface area contributed by atoms with Gasteiger partial charge in [0.05, 0.1) is 17.8 Å². The Bertz CT molecular complexity index is 1380. The van der Waals surface area contributed by atoms with Gasteiger partial charge in [-0.2, -0.15) is 5.10 Å². The fourth-order valence-electron chi connectivity index (χ4n) is 3.95. The van der Waals surface area contributed by atoms with Crippen LogP contribution in [-0.4, -0.2) is 39.5 Å². The summed E-state index contributed by atoms with van der Waals surface area (Å²) in [6.07, 6.45) is 3.33. The van der Waals surface area contributed by atoms with Crippen LogP contribution in [0.15, 0.2) is 54.9 Å². The molecule has 0 bridgehead atoms. The Kier molecular flexibility index (Phi) is 7.24. The van der Waals surface area contributed by atoms with Crippen molar-refractivity contribution in [2.24, 2.45) is 0 Å². The number of carbonyl (C=O) groups excluding carboxylic acids is 1. The molecule has 2 aromatic carbocycles. The number of aromatic amines is 1. The summed E-state index contributed by atoms with van der Waals surface area (Å²) >= 11 is 0. The molecular weight excluding hydrogens is 459 g/mol. The smallest absolute Gasteiger partial charge is 0.408 e. The number of pyridine rings is 1. The van der Waals surface area contributed by atoms with Crippen LogP contribution in [0.25, 0.3) is 22.0 Å². The van der Waals surface area contributed by atoms with Gasteiger partial charge >= 0.3 is 6.09 Å². The number of fused-ring (bicyclic) bond motifs is 1. The highest BCUT2D eigenvalue weighted by molar-refractivity contribution is 5.86. The van der Waals surface area contributed by atoms with Crippen molar-refractivity contribution in [1.29, 1.82) is 0 Å². The molecule has 0 saturated carbocycles. The lowest BCUT2D eigenvalue weighted by Gasteiger charge is -2.24. The van der Waals surface area contributed by atoms with E-state index in [2.05, 4.69) is 26.6 Å². The van der Waals surface area contributed by atoms with Gasteiger partial charge in [0.2, 0.25) is 0 Å². The Labute approximate surface area is 210 Å². The average molecular weight is 491 g/mol. The number of hydrogen-bond acceptors (Lipinski definition) is 5. The van der Waals surface area contributed by atoms with E-state index in [0.29, 0.717) is 12.2 Å². The van der Waals surface area contributed by atoms with Crippen LogP contribution in [0, 0.1) is 19.7 Å². The van der Waals surface area contributed by atoms with Crippen LogP contribution >= 0.6 is 0 Å². The molecule has 0 radical (unpaired) electrons. The minimum absolute atomic E-state index is 0.182. The van der Waals surface area contributed by atoms with Crippen LogP contribution in [0.2, 0.25) is 0 Å². The summed E-state index contributed by atoms with van der Waals surface area (Å²) in [5.41, 5.74) is 4.89. The van der Waals surface area contributed by atoms with E-state index in [1.807, 2.05) is 52.8 Å². The molecule has 2 N–H and O–H groups in total. The molecular formula is C28H31FN4O3. The number of aromatic nitrogens is 3. The van der Waals surface area contributed by atoms with Crippen molar-refractivity contribution in [3.05, 3.63) is 77.5 Å². The van der Waals surface area contributed by atoms with Gasteiger partial charge in [0.25, 0.3) is 0 Å². The largest absolute Gasteiger partial charge is 0.490 e. The zero-order valence-corrected chi connectivity index (χ0v) is 21.2. The summed E-state index contributed by atoms with van der Waals surface area (Å²) in [6.45, 7) is 9.43. The third-order valence-corrected chi connectivity index (χ3v) is 5.73. The van der Waals surface area contributed by atoms with E-state index < -0.39 is 17.7 Å². The van der Waals surface area contributed by atoms with E-state index in [1.54, 1.807) is 18.5 Å². The van der Waals surface area contributed by atoms with Crippen molar-refractivity contribution in [3.63, 3.8) is 0 Å². The highest BCUT2D eigenvalue weighted by atomic mass is 19.1. The molecule has 36 heavy (non-hydrogen) atoms. The maximum atomic E-state index is 13.6. The van der Waals surface area contributed by atoms with Crippen LogP contribution in [0.3, 0.4) is 0 Å². The maximum Gasteiger partial charge on any atom is 0.408 e. The molecule has 188 valence electrons. The lowest BCUT2D eigenvalue weighted by atomic mass is 10.0. The highest BCUT2D eigenvalue weighted by Gasteiger charge is 2.21. The molecule has 1 amide bonds. The number of nitrogens with zero attached hydrogens (tertiary/aromatic N) is 2. The molecule has 0 spiro atoms. The van der Waals surface area contributed by atoms with Gasteiger partial charge in [-0.15, -0.1) is 0 Å². The second-order valence-electron chi connectivity index (χ2n) is 9.92. The van der Waals surface area contributed by atoms with E-state index >= 15 is 0 Å². The molecule has 4 rings (SSSR count). The first-order chi connectivity index (χ1) is 17.1. The summed E-state index contributed by atoms with van der Waals surface area (Å²) in [5, 5.41) is 11.2. The molecule has 4 aromatic rings. The van der Waals surface area contributed by atoms with E-state index in [-0.39, 0.29) is 12.4 Å². The minimum atomic E-state index is -0.631. The van der Waals surface area contributed by atoms with Crippen molar-refractivity contribution >= 4 is 17.0 Å². The van der Waals surface area contributed by atoms with E-state index in [1.165, 1.54) is 12.1 Å². The average Bonchev–Trinajstić information content (AvgIpc) is 3.18. The standard InChI is InChI=1S/C28H31FN4O3/c1-17-10-22(29)8-6-19(17)11-23(31-27(34)36-28(3,4)5)16-35-24-12-21(14-30-15-24)20-7-9-26-25(13-20)18(2)32-33-26/h6-10,12-15,23H,11,16H2,1-5H3,(H,31,34)(H,32,33)/t23-/m0/s1. The molecule has 7 nitrogen and oxygen atoms in total. The fourth-order valence-corrected chi connectivity index (χ4v) is 3.95. The number of nitrogens with one attached hydrogen (secondary N) is 2. The quantitative estimate of drug-likeness (QED) is 0.337. The molecule has 0 aliphatic rings. The lowest BCUT2D eigenvalue weighted by Crippen LogP contribution is -2.43. The predicted molar refractivity (Wildman–Crippen MR) is 138 cm³/mol. The van der Waals surface area contributed by atoms with Crippen LogP contribution in [0.4, 0.5) is 9.18 Å². The molecule has 8 heteroatoms. The summed E-state index contributed by atoms with van der Waals surface area (Å²) in [5.74, 6) is 0.277.